The van der Waals surface area contributed by atoms with Crippen molar-refractivity contribution >= 4 is 0 Å². The first kappa shape index (κ1) is 18.6. The lowest BCUT2D eigenvalue weighted by Crippen LogP contribution is -2.55. The summed E-state index contributed by atoms with van der Waals surface area (Å²) in [7, 11) is 2.18. The van der Waals surface area contributed by atoms with Crippen LogP contribution in [0.1, 0.15) is 12.5 Å². The Morgan fingerprint density at radius 1 is 1.20 bits per heavy atom. The number of nitrogens with zero attached hydrogens (tertiary/aromatic N) is 3. The van der Waals surface area contributed by atoms with Gasteiger partial charge in [0.1, 0.15) is 12.4 Å². The van der Waals surface area contributed by atoms with Gasteiger partial charge in [-0.1, -0.05) is 12.1 Å². The van der Waals surface area contributed by atoms with Gasteiger partial charge >= 0.3 is 0 Å². The zero-order valence-corrected chi connectivity index (χ0v) is 16.0. The quantitative estimate of drug-likeness (QED) is 0.781. The van der Waals surface area contributed by atoms with E-state index < -0.39 is 0 Å². The third-order valence-corrected chi connectivity index (χ3v) is 5.29. The van der Waals surface area contributed by atoms with Crippen molar-refractivity contribution in [2.45, 2.75) is 26.0 Å². The van der Waals surface area contributed by atoms with Crippen LogP contribution in [-0.2, 0) is 4.74 Å². The second kappa shape index (κ2) is 8.99. The van der Waals surface area contributed by atoms with Gasteiger partial charge in [-0.2, -0.15) is 0 Å². The molecule has 0 saturated carbocycles. The van der Waals surface area contributed by atoms with E-state index in [0.717, 1.165) is 64.8 Å². The Bertz CT molecular complexity index is 539. The largest absolute Gasteiger partial charge is 0.492 e. The van der Waals surface area contributed by atoms with E-state index in [-0.39, 0.29) is 0 Å². The maximum Gasteiger partial charge on any atom is 0.119 e. The summed E-state index contributed by atoms with van der Waals surface area (Å²) in [5.41, 5.74) is 1.25. The Hall–Kier alpha value is -1.14. The molecule has 0 unspecified atom stereocenters. The lowest BCUT2D eigenvalue weighted by atomic mass is 10.1. The minimum atomic E-state index is 0.363. The molecule has 1 aromatic rings. The van der Waals surface area contributed by atoms with Gasteiger partial charge < -0.3 is 14.4 Å². The van der Waals surface area contributed by atoms with E-state index in [1.54, 1.807) is 0 Å². The minimum Gasteiger partial charge on any atom is -0.492 e. The van der Waals surface area contributed by atoms with Crippen molar-refractivity contribution in [1.82, 2.24) is 14.7 Å². The number of piperazine rings is 1. The molecule has 2 aliphatic heterocycles. The molecule has 0 bridgehead atoms. The molecule has 3 rings (SSSR count). The van der Waals surface area contributed by atoms with E-state index >= 15 is 0 Å². The molecule has 5 heteroatoms. The molecule has 2 saturated heterocycles. The lowest BCUT2D eigenvalue weighted by molar-refractivity contribution is -0.0458. The molecule has 25 heavy (non-hydrogen) atoms. The number of aryl methyl sites for hydroxylation is 1. The summed E-state index contributed by atoms with van der Waals surface area (Å²) in [5.74, 6) is 0.977. The number of ether oxygens (including phenoxy) is 2. The van der Waals surface area contributed by atoms with Gasteiger partial charge in [0.2, 0.25) is 0 Å². The van der Waals surface area contributed by atoms with Gasteiger partial charge in [0.15, 0.2) is 0 Å². The molecule has 0 N–H and O–H groups in total. The van der Waals surface area contributed by atoms with Crippen molar-refractivity contribution in [3.05, 3.63) is 29.8 Å². The van der Waals surface area contributed by atoms with Crippen molar-refractivity contribution in [2.75, 3.05) is 66.1 Å². The number of hydrogen-bond donors (Lipinski definition) is 0. The number of morpholine rings is 1. The van der Waals surface area contributed by atoms with E-state index in [2.05, 4.69) is 53.8 Å². The Labute approximate surface area is 152 Å². The molecule has 2 heterocycles. The van der Waals surface area contributed by atoms with Gasteiger partial charge in [-0.25, -0.2) is 0 Å². The second-order valence-electron chi connectivity index (χ2n) is 7.56. The molecular weight excluding hydrogens is 314 g/mol. The normalized spacial score (nSPS) is 26.7. The van der Waals surface area contributed by atoms with Gasteiger partial charge in [-0.15, -0.1) is 0 Å². The second-order valence-corrected chi connectivity index (χ2v) is 7.56. The van der Waals surface area contributed by atoms with Gasteiger partial charge in [0, 0.05) is 51.9 Å². The number of hydrogen-bond acceptors (Lipinski definition) is 5. The first-order chi connectivity index (χ1) is 12.1. The maximum absolute atomic E-state index is 5.92. The predicted molar refractivity (Wildman–Crippen MR) is 101 cm³/mol. The van der Waals surface area contributed by atoms with Crippen molar-refractivity contribution < 1.29 is 9.47 Å². The van der Waals surface area contributed by atoms with Crippen molar-refractivity contribution in [1.29, 1.82) is 0 Å². The Morgan fingerprint density at radius 2 is 2.08 bits per heavy atom. The third-order valence-electron chi connectivity index (χ3n) is 5.29. The van der Waals surface area contributed by atoms with Crippen LogP contribution in [0.15, 0.2) is 24.3 Å². The van der Waals surface area contributed by atoms with Gasteiger partial charge in [0.05, 0.1) is 12.7 Å². The maximum atomic E-state index is 5.92. The van der Waals surface area contributed by atoms with Gasteiger partial charge in [-0.3, -0.25) is 9.80 Å². The SMILES string of the molecule is Cc1cccc(OCCN2CCN(C[C@H]3CN(C)CCO3)C[C@H]2C)c1. The average Bonchev–Trinajstić information content (AvgIpc) is 2.57. The summed E-state index contributed by atoms with van der Waals surface area (Å²) in [5, 5.41) is 0. The molecule has 140 valence electrons. The van der Waals surface area contributed by atoms with Crippen LogP contribution in [0.25, 0.3) is 0 Å². The fourth-order valence-electron chi connectivity index (χ4n) is 3.82. The molecule has 2 fully saturated rings. The highest BCUT2D eigenvalue weighted by atomic mass is 16.5. The van der Waals surface area contributed by atoms with E-state index in [9.17, 15) is 0 Å². The van der Waals surface area contributed by atoms with Crippen LogP contribution >= 0.6 is 0 Å². The van der Waals surface area contributed by atoms with Crippen LogP contribution in [0, 0.1) is 6.92 Å². The zero-order chi connectivity index (χ0) is 17.6. The van der Waals surface area contributed by atoms with Crippen LogP contribution in [0.2, 0.25) is 0 Å². The van der Waals surface area contributed by atoms with Crippen LogP contribution in [0.5, 0.6) is 5.75 Å². The summed E-state index contributed by atoms with van der Waals surface area (Å²) in [6, 6.07) is 8.85. The molecule has 0 aliphatic carbocycles. The molecule has 2 atom stereocenters. The Morgan fingerprint density at radius 3 is 2.84 bits per heavy atom. The summed E-state index contributed by atoms with van der Waals surface area (Å²) in [4.78, 5) is 7.48. The fraction of sp³-hybridized carbons (Fsp3) is 0.700. The molecular formula is C20H33N3O2. The first-order valence-electron chi connectivity index (χ1n) is 9.56. The highest BCUT2D eigenvalue weighted by Gasteiger charge is 2.27. The monoisotopic (exact) mass is 347 g/mol. The predicted octanol–water partition coefficient (Wildman–Crippen LogP) is 1.71. The Balaban J connectivity index is 1.38. The van der Waals surface area contributed by atoms with Crippen LogP contribution in [0.3, 0.4) is 0 Å². The van der Waals surface area contributed by atoms with Crippen LogP contribution in [0.4, 0.5) is 0 Å². The number of benzene rings is 1. The molecule has 1 aromatic carbocycles. The van der Waals surface area contributed by atoms with E-state index in [4.69, 9.17) is 9.47 Å². The Kier molecular flexibility index (Phi) is 6.70. The minimum absolute atomic E-state index is 0.363. The highest BCUT2D eigenvalue weighted by Crippen LogP contribution is 2.14. The van der Waals surface area contributed by atoms with E-state index in [1.807, 2.05) is 6.07 Å². The topological polar surface area (TPSA) is 28.2 Å². The van der Waals surface area contributed by atoms with Crippen LogP contribution < -0.4 is 4.74 Å². The standard InChI is InChI=1S/C20H33N3O2/c1-17-5-4-6-19(13-17)24-12-10-23-8-7-22(14-18(23)2)16-20-15-21(3)9-11-25-20/h4-6,13,18,20H,7-12,14-16H2,1-3H3/t18-,20-/m1/s1. The fourth-order valence-corrected chi connectivity index (χ4v) is 3.82. The van der Waals surface area contributed by atoms with Crippen molar-refractivity contribution in [2.24, 2.45) is 0 Å². The van der Waals surface area contributed by atoms with E-state index in [0.29, 0.717) is 12.1 Å². The highest BCUT2D eigenvalue weighted by molar-refractivity contribution is 5.27. The molecule has 0 radical (unpaired) electrons. The van der Waals surface area contributed by atoms with Crippen molar-refractivity contribution in [3.63, 3.8) is 0 Å². The lowest BCUT2D eigenvalue weighted by Gasteiger charge is -2.42. The van der Waals surface area contributed by atoms with Gasteiger partial charge in [-0.05, 0) is 38.6 Å². The molecule has 0 amide bonds. The molecule has 5 nitrogen and oxygen atoms in total. The number of rotatable bonds is 6. The first-order valence-corrected chi connectivity index (χ1v) is 9.56. The molecule has 0 spiro atoms. The van der Waals surface area contributed by atoms with Crippen LogP contribution in [-0.4, -0.2) is 92.9 Å². The molecule has 0 aromatic heterocycles. The van der Waals surface area contributed by atoms with Crippen molar-refractivity contribution in [3.8, 4) is 5.75 Å². The number of likely N-dealkylation sites (N-methyl/N-ethyl adjacent to an activating group) is 1. The zero-order valence-electron chi connectivity index (χ0n) is 16.0. The van der Waals surface area contributed by atoms with Gasteiger partial charge in [0.25, 0.3) is 0 Å². The summed E-state index contributed by atoms with van der Waals surface area (Å²) in [6.45, 7) is 13.6. The van der Waals surface area contributed by atoms with E-state index in [1.165, 1.54) is 5.56 Å². The third kappa shape index (κ3) is 5.68. The summed E-state index contributed by atoms with van der Waals surface area (Å²) in [6.07, 6.45) is 0.363. The summed E-state index contributed by atoms with van der Waals surface area (Å²) >= 11 is 0. The average molecular weight is 348 g/mol. The summed E-state index contributed by atoms with van der Waals surface area (Å²) < 4.78 is 11.8. The molecule has 2 aliphatic rings. The smallest absolute Gasteiger partial charge is 0.119 e.